The Kier molecular flexibility index (Phi) is 9.38. The molecule has 1 aliphatic heterocycles. The zero-order valence-corrected chi connectivity index (χ0v) is 22.0. The highest BCUT2D eigenvalue weighted by molar-refractivity contribution is 7.13. The van der Waals surface area contributed by atoms with Gasteiger partial charge in [0.2, 0.25) is 0 Å². The number of anilines is 2. The summed E-state index contributed by atoms with van der Waals surface area (Å²) in [6, 6.07) is 11.6. The van der Waals surface area contributed by atoms with E-state index >= 15 is 0 Å². The number of nitrogens with one attached hydrogen (secondary N) is 2. The van der Waals surface area contributed by atoms with Crippen LogP contribution in [0.15, 0.2) is 53.9 Å². The first-order chi connectivity index (χ1) is 18.7. The van der Waals surface area contributed by atoms with Crippen LogP contribution in [0.1, 0.15) is 12.6 Å². The van der Waals surface area contributed by atoms with Crippen molar-refractivity contribution in [2.75, 3.05) is 50.0 Å². The van der Waals surface area contributed by atoms with Crippen LogP contribution in [0.4, 0.5) is 29.3 Å². The molecule has 3 aromatic rings. The summed E-state index contributed by atoms with van der Waals surface area (Å²) < 4.78 is 46.8. The van der Waals surface area contributed by atoms with E-state index in [1.54, 1.807) is 19.1 Å². The van der Waals surface area contributed by atoms with Gasteiger partial charge in [0.1, 0.15) is 5.01 Å². The standard InChI is InChI=1S/C26H28F3N5O4S/c1-2-37-23(35)16-34-13-11-33(12-14-34)15-20-17-39-24(30-20)18-7-9-19(10-8-18)31-25(36)32-21-5-3-4-6-22(21)38-26(27,28)29/h3-10,17H,2,11-16H2,1H3,(H2,31,32,36). The van der Waals surface area contributed by atoms with Gasteiger partial charge in [-0.3, -0.25) is 14.6 Å². The number of carbonyl (C=O) groups excluding carboxylic acids is 2. The highest BCUT2D eigenvalue weighted by atomic mass is 32.1. The Morgan fingerprint density at radius 3 is 2.38 bits per heavy atom. The molecule has 0 radical (unpaired) electrons. The van der Waals surface area contributed by atoms with E-state index in [0.29, 0.717) is 25.4 Å². The van der Waals surface area contributed by atoms with Crippen molar-refractivity contribution in [2.24, 2.45) is 0 Å². The van der Waals surface area contributed by atoms with Crippen LogP contribution in [0, 0.1) is 0 Å². The van der Waals surface area contributed by atoms with Crippen LogP contribution in [0.2, 0.25) is 0 Å². The molecule has 9 nitrogen and oxygen atoms in total. The van der Waals surface area contributed by atoms with Gasteiger partial charge in [-0.1, -0.05) is 12.1 Å². The van der Waals surface area contributed by atoms with Crippen LogP contribution in [0.25, 0.3) is 10.6 Å². The summed E-state index contributed by atoms with van der Waals surface area (Å²) in [5.41, 5.74) is 2.18. The van der Waals surface area contributed by atoms with E-state index in [2.05, 4.69) is 25.2 Å². The van der Waals surface area contributed by atoms with E-state index < -0.39 is 18.1 Å². The summed E-state index contributed by atoms with van der Waals surface area (Å²) >= 11 is 1.52. The monoisotopic (exact) mass is 563 g/mol. The fourth-order valence-electron chi connectivity index (χ4n) is 4.00. The number of urea groups is 1. The molecular weight excluding hydrogens is 535 g/mol. The average Bonchev–Trinajstić information content (AvgIpc) is 3.34. The fourth-order valence-corrected chi connectivity index (χ4v) is 4.82. The number of para-hydroxylation sites is 2. The molecule has 2 aromatic carbocycles. The largest absolute Gasteiger partial charge is 0.573 e. The summed E-state index contributed by atoms with van der Waals surface area (Å²) in [4.78, 5) is 33.1. The van der Waals surface area contributed by atoms with Crippen molar-refractivity contribution in [3.05, 3.63) is 59.6 Å². The van der Waals surface area contributed by atoms with E-state index in [1.807, 2.05) is 17.5 Å². The number of nitrogens with zero attached hydrogens (tertiary/aromatic N) is 3. The van der Waals surface area contributed by atoms with Gasteiger partial charge in [-0.2, -0.15) is 0 Å². The molecule has 0 aliphatic carbocycles. The first-order valence-electron chi connectivity index (χ1n) is 12.3. The Labute approximate surface area is 227 Å². The molecule has 1 fully saturated rings. The highest BCUT2D eigenvalue weighted by Gasteiger charge is 2.32. The number of halogens is 3. The molecule has 0 atom stereocenters. The molecule has 1 aliphatic rings. The van der Waals surface area contributed by atoms with Crippen molar-refractivity contribution in [3.63, 3.8) is 0 Å². The van der Waals surface area contributed by atoms with Gasteiger partial charge in [0.25, 0.3) is 0 Å². The van der Waals surface area contributed by atoms with Crippen LogP contribution >= 0.6 is 11.3 Å². The number of hydrogen-bond acceptors (Lipinski definition) is 8. The maximum absolute atomic E-state index is 12.6. The Hall–Kier alpha value is -3.68. The minimum atomic E-state index is -4.87. The summed E-state index contributed by atoms with van der Waals surface area (Å²) in [5, 5.41) is 7.82. The van der Waals surface area contributed by atoms with Gasteiger partial charge in [-0.25, -0.2) is 9.78 Å². The first kappa shape index (κ1) is 28.3. The number of carbonyl (C=O) groups is 2. The lowest BCUT2D eigenvalue weighted by Crippen LogP contribution is -2.47. The Morgan fingerprint density at radius 1 is 1.00 bits per heavy atom. The second kappa shape index (κ2) is 12.9. The minimum absolute atomic E-state index is 0.111. The van der Waals surface area contributed by atoms with Crippen LogP contribution < -0.4 is 15.4 Å². The third kappa shape index (κ3) is 8.67. The van der Waals surface area contributed by atoms with Gasteiger partial charge >= 0.3 is 18.4 Å². The quantitative estimate of drug-likeness (QED) is 0.353. The van der Waals surface area contributed by atoms with Crippen molar-refractivity contribution in [2.45, 2.75) is 19.8 Å². The molecule has 0 saturated carbocycles. The van der Waals surface area contributed by atoms with E-state index in [0.717, 1.165) is 48.5 Å². The summed E-state index contributed by atoms with van der Waals surface area (Å²) in [6.45, 7) is 6.46. The van der Waals surface area contributed by atoms with Crippen LogP contribution in [0.5, 0.6) is 5.75 Å². The van der Waals surface area contributed by atoms with Gasteiger partial charge in [0, 0.05) is 49.4 Å². The summed E-state index contributed by atoms with van der Waals surface area (Å²) in [6.07, 6.45) is -4.87. The van der Waals surface area contributed by atoms with Gasteiger partial charge in [0.05, 0.1) is 24.5 Å². The van der Waals surface area contributed by atoms with E-state index in [9.17, 15) is 22.8 Å². The molecule has 4 rings (SSSR count). The lowest BCUT2D eigenvalue weighted by Gasteiger charge is -2.33. The topological polar surface area (TPSA) is 96.0 Å². The number of esters is 1. The summed E-state index contributed by atoms with van der Waals surface area (Å²) in [5.74, 6) is -0.702. The average molecular weight is 564 g/mol. The number of aromatic nitrogens is 1. The normalized spacial score (nSPS) is 14.6. The molecular formula is C26H28F3N5O4S. The second-order valence-electron chi connectivity index (χ2n) is 8.70. The highest BCUT2D eigenvalue weighted by Crippen LogP contribution is 2.30. The molecule has 0 bridgehead atoms. The van der Waals surface area contributed by atoms with E-state index in [4.69, 9.17) is 9.72 Å². The Morgan fingerprint density at radius 2 is 1.69 bits per heavy atom. The lowest BCUT2D eigenvalue weighted by atomic mass is 10.2. The molecule has 2 heterocycles. The van der Waals surface area contributed by atoms with Gasteiger partial charge in [-0.15, -0.1) is 24.5 Å². The zero-order chi connectivity index (χ0) is 27.8. The van der Waals surface area contributed by atoms with Crippen LogP contribution in [0.3, 0.4) is 0 Å². The van der Waals surface area contributed by atoms with Gasteiger partial charge in [-0.05, 0) is 43.3 Å². The number of benzene rings is 2. The molecule has 2 N–H and O–H groups in total. The SMILES string of the molecule is CCOC(=O)CN1CCN(Cc2csc(-c3ccc(NC(=O)Nc4ccccc4OC(F)(F)F)cc3)n2)CC1. The number of hydrogen-bond donors (Lipinski definition) is 2. The first-order valence-corrected chi connectivity index (χ1v) is 13.1. The molecule has 39 heavy (non-hydrogen) atoms. The fraction of sp³-hybridized carbons (Fsp3) is 0.346. The van der Waals surface area contributed by atoms with Crippen molar-refractivity contribution in [1.82, 2.24) is 14.8 Å². The Bertz CT molecular complexity index is 1260. The number of rotatable bonds is 9. The van der Waals surface area contributed by atoms with Crippen LogP contribution in [-0.4, -0.2) is 72.5 Å². The number of ether oxygens (including phenoxy) is 2. The molecule has 1 aromatic heterocycles. The smallest absolute Gasteiger partial charge is 0.465 e. The van der Waals surface area contributed by atoms with Crippen molar-refractivity contribution < 1.29 is 32.2 Å². The number of amides is 2. The van der Waals surface area contributed by atoms with Crippen molar-refractivity contribution >= 4 is 34.7 Å². The molecule has 1 saturated heterocycles. The zero-order valence-electron chi connectivity index (χ0n) is 21.2. The van der Waals surface area contributed by atoms with Gasteiger partial charge in [0.15, 0.2) is 5.75 Å². The lowest BCUT2D eigenvalue weighted by molar-refractivity contribution is -0.274. The van der Waals surface area contributed by atoms with Gasteiger partial charge < -0.3 is 20.1 Å². The maximum Gasteiger partial charge on any atom is 0.573 e. The maximum atomic E-state index is 12.6. The third-order valence-electron chi connectivity index (χ3n) is 5.81. The van der Waals surface area contributed by atoms with Crippen LogP contribution in [-0.2, 0) is 16.1 Å². The number of piperazine rings is 1. The Balaban J connectivity index is 1.27. The van der Waals surface area contributed by atoms with E-state index in [1.165, 1.54) is 29.5 Å². The second-order valence-corrected chi connectivity index (χ2v) is 9.56. The third-order valence-corrected chi connectivity index (χ3v) is 6.75. The predicted octanol–water partition coefficient (Wildman–Crippen LogP) is 5.03. The number of thiazole rings is 1. The minimum Gasteiger partial charge on any atom is -0.465 e. The predicted molar refractivity (Wildman–Crippen MR) is 142 cm³/mol. The molecule has 0 unspecified atom stereocenters. The molecule has 2 amide bonds. The summed E-state index contributed by atoms with van der Waals surface area (Å²) in [7, 11) is 0. The number of alkyl halides is 3. The molecule has 208 valence electrons. The molecule has 0 spiro atoms. The van der Waals surface area contributed by atoms with Crippen molar-refractivity contribution in [1.29, 1.82) is 0 Å². The molecule has 13 heteroatoms. The van der Waals surface area contributed by atoms with E-state index in [-0.39, 0.29) is 11.7 Å². The van der Waals surface area contributed by atoms with Crippen molar-refractivity contribution in [3.8, 4) is 16.3 Å².